The number of aryl methyl sites for hydroxylation is 1. The number of hydrogen-bond acceptors (Lipinski definition) is 6. The number of amidine groups is 1. The summed E-state index contributed by atoms with van der Waals surface area (Å²) < 4.78 is 10.8. The van der Waals surface area contributed by atoms with Gasteiger partial charge in [-0.15, -0.1) is 0 Å². The van der Waals surface area contributed by atoms with Crippen LogP contribution >= 0.6 is 23.2 Å². The molecule has 2 heterocycles. The van der Waals surface area contributed by atoms with Gasteiger partial charge in [-0.05, 0) is 44.0 Å². The van der Waals surface area contributed by atoms with Crippen molar-refractivity contribution in [1.29, 1.82) is 0 Å². The van der Waals surface area contributed by atoms with Crippen molar-refractivity contribution in [3.8, 4) is 11.6 Å². The fourth-order valence-corrected chi connectivity index (χ4v) is 3.54. The van der Waals surface area contributed by atoms with Crippen LogP contribution in [-0.2, 0) is 9.53 Å². The lowest BCUT2D eigenvalue weighted by molar-refractivity contribution is -0.146. The fraction of sp³-hybridized carbons (Fsp3) is 0.350. The van der Waals surface area contributed by atoms with Crippen molar-refractivity contribution in [3.63, 3.8) is 0 Å². The minimum atomic E-state index is -0.219. The van der Waals surface area contributed by atoms with Crippen molar-refractivity contribution >= 4 is 35.0 Å². The van der Waals surface area contributed by atoms with E-state index in [4.69, 9.17) is 32.7 Å². The summed E-state index contributed by atoms with van der Waals surface area (Å²) in [4.78, 5) is 18.1. The molecule has 29 heavy (non-hydrogen) atoms. The molecule has 2 aromatic rings. The van der Waals surface area contributed by atoms with Crippen molar-refractivity contribution in [1.82, 2.24) is 9.88 Å². The van der Waals surface area contributed by atoms with E-state index in [0.29, 0.717) is 53.1 Å². The summed E-state index contributed by atoms with van der Waals surface area (Å²) in [5.74, 6) is 0.531. The molecule has 1 aromatic carbocycles. The standard InChI is InChI=1S/C20H21Cl2N3O4/c1-12-3-5-15(19(23-12)29-17-11-14(21)4-6-16(17)22)18(24-27)25-9-7-13(8-10-25)20(26)28-2/h3-6,11,13,27H,7-10H2,1-2H3/b24-18-. The normalized spacial score (nSPS) is 15.3. The molecule has 0 aliphatic carbocycles. The van der Waals surface area contributed by atoms with Gasteiger partial charge in [-0.3, -0.25) is 4.79 Å². The number of rotatable bonds is 4. The Hall–Kier alpha value is -2.51. The molecule has 0 radical (unpaired) electrons. The molecule has 0 amide bonds. The molecule has 3 rings (SSSR count). The van der Waals surface area contributed by atoms with Crippen molar-refractivity contribution < 1.29 is 19.5 Å². The molecule has 1 aliphatic rings. The first-order chi connectivity index (χ1) is 13.9. The number of likely N-dealkylation sites (tertiary alicyclic amines) is 1. The van der Waals surface area contributed by atoms with Gasteiger partial charge in [-0.1, -0.05) is 28.4 Å². The molecule has 1 fully saturated rings. The SMILES string of the molecule is COC(=O)C1CCN(/C(=N\O)c2ccc(C)nc2Oc2cc(Cl)ccc2Cl)CC1. The lowest BCUT2D eigenvalue weighted by Gasteiger charge is -2.32. The first kappa shape index (κ1) is 21.2. The van der Waals surface area contributed by atoms with Gasteiger partial charge in [0.2, 0.25) is 5.88 Å². The molecular weight excluding hydrogens is 417 g/mol. The molecule has 0 spiro atoms. The molecule has 0 unspecified atom stereocenters. The quantitative estimate of drug-likeness (QED) is 0.249. The fourth-order valence-electron chi connectivity index (χ4n) is 3.22. The summed E-state index contributed by atoms with van der Waals surface area (Å²) in [6.07, 6.45) is 1.20. The third-order valence-corrected chi connectivity index (χ3v) is 5.31. The number of oxime groups is 1. The summed E-state index contributed by atoms with van der Waals surface area (Å²) in [5, 5.41) is 14.1. The van der Waals surface area contributed by atoms with E-state index in [9.17, 15) is 10.0 Å². The number of pyridine rings is 1. The average molecular weight is 438 g/mol. The molecule has 1 aromatic heterocycles. The van der Waals surface area contributed by atoms with Crippen molar-refractivity contribution in [2.75, 3.05) is 20.2 Å². The topological polar surface area (TPSA) is 84.2 Å². The summed E-state index contributed by atoms with van der Waals surface area (Å²) in [6.45, 7) is 2.89. The van der Waals surface area contributed by atoms with Crippen LogP contribution < -0.4 is 4.74 Å². The van der Waals surface area contributed by atoms with Crippen molar-refractivity contribution in [2.24, 2.45) is 11.1 Å². The number of methoxy groups -OCH3 is 1. The summed E-state index contributed by atoms with van der Waals surface area (Å²) in [6, 6.07) is 8.46. The second-order valence-corrected chi connectivity index (χ2v) is 7.53. The Kier molecular flexibility index (Phi) is 6.82. The largest absolute Gasteiger partial charge is 0.469 e. The second-order valence-electron chi connectivity index (χ2n) is 6.69. The van der Waals surface area contributed by atoms with Gasteiger partial charge >= 0.3 is 5.97 Å². The number of carbonyl (C=O) groups excluding carboxylic acids is 1. The third kappa shape index (κ3) is 4.92. The third-order valence-electron chi connectivity index (χ3n) is 4.76. The number of ether oxygens (including phenoxy) is 2. The Labute approximate surface area is 178 Å². The number of nitrogens with zero attached hydrogens (tertiary/aromatic N) is 3. The zero-order valence-corrected chi connectivity index (χ0v) is 17.6. The van der Waals surface area contributed by atoms with Gasteiger partial charge in [0.25, 0.3) is 0 Å². The van der Waals surface area contributed by atoms with Crippen LogP contribution in [0, 0.1) is 12.8 Å². The maximum absolute atomic E-state index is 11.8. The highest BCUT2D eigenvalue weighted by molar-refractivity contribution is 6.34. The van der Waals surface area contributed by atoms with E-state index in [1.54, 1.807) is 30.3 Å². The van der Waals surface area contributed by atoms with Crippen LogP contribution in [0.2, 0.25) is 10.0 Å². The molecule has 1 N–H and O–H groups in total. The van der Waals surface area contributed by atoms with E-state index >= 15 is 0 Å². The molecule has 0 saturated carbocycles. The Balaban J connectivity index is 1.88. The van der Waals surface area contributed by atoms with E-state index in [0.717, 1.165) is 5.69 Å². The lowest BCUT2D eigenvalue weighted by atomic mass is 9.96. The minimum absolute atomic E-state index is 0.159. The summed E-state index contributed by atoms with van der Waals surface area (Å²) in [5.41, 5.74) is 1.23. The maximum atomic E-state index is 11.8. The van der Waals surface area contributed by atoms with E-state index in [1.807, 2.05) is 11.8 Å². The molecular formula is C20H21Cl2N3O4. The number of hydrogen-bond donors (Lipinski definition) is 1. The second kappa shape index (κ2) is 9.33. The maximum Gasteiger partial charge on any atom is 0.308 e. The Morgan fingerprint density at radius 1 is 1.24 bits per heavy atom. The van der Waals surface area contributed by atoms with Crippen LogP contribution in [0.3, 0.4) is 0 Å². The van der Waals surface area contributed by atoms with Gasteiger partial charge in [-0.2, -0.15) is 0 Å². The molecule has 154 valence electrons. The van der Waals surface area contributed by atoms with Crippen LogP contribution in [0.15, 0.2) is 35.5 Å². The molecule has 1 saturated heterocycles. The van der Waals surface area contributed by atoms with Gasteiger partial charge in [0.05, 0.1) is 23.6 Å². The molecule has 0 atom stereocenters. The highest BCUT2D eigenvalue weighted by atomic mass is 35.5. The highest BCUT2D eigenvalue weighted by Crippen LogP contribution is 2.33. The molecule has 0 bridgehead atoms. The Bertz CT molecular complexity index is 928. The number of esters is 1. The summed E-state index contributed by atoms with van der Waals surface area (Å²) >= 11 is 12.3. The van der Waals surface area contributed by atoms with E-state index in [2.05, 4.69) is 10.1 Å². The van der Waals surface area contributed by atoms with E-state index in [-0.39, 0.29) is 17.8 Å². The number of carbonyl (C=O) groups is 1. The molecule has 1 aliphatic heterocycles. The zero-order valence-electron chi connectivity index (χ0n) is 16.1. The number of aromatic nitrogens is 1. The van der Waals surface area contributed by atoms with Gasteiger partial charge in [0.15, 0.2) is 5.84 Å². The highest BCUT2D eigenvalue weighted by Gasteiger charge is 2.29. The van der Waals surface area contributed by atoms with Gasteiger partial charge in [-0.25, -0.2) is 4.98 Å². The molecule has 9 heteroatoms. The monoisotopic (exact) mass is 437 g/mol. The van der Waals surface area contributed by atoms with Crippen LogP contribution in [0.4, 0.5) is 0 Å². The predicted octanol–water partition coefficient (Wildman–Crippen LogP) is 4.51. The van der Waals surface area contributed by atoms with Crippen molar-refractivity contribution in [3.05, 3.63) is 51.6 Å². The Morgan fingerprint density at radius 2 is 1.97 bits per heavy atom. The zero-order chi connectivity index (χ0) is 21.0. The first-order valence-electron chi connectivity index (χ1n) is 9.08. The van der Waals surface area contributed by atoms with Crippen LogP contribution in [0.25, 0.3) is 0 Å². The van der Waals surface area contributed by atoms with Crippen LogP contribution in [0.5, 0.6) is 11.6 Å². The number of piperidine rings is 1. The first-order valence-corrected chi connectivity index (χ1v) is 9.84. The van der Waals surface area contributed by atoms with Crippen LogP contribution in [-0.4, -0.2) is 47.1 Å². The lowest BCUT2D eigenvalue weighted by Crippen LogP contribution is -2.41. The molecule has 7 nitrogen and oxygen atoms in total. The van der Waals surface area contributed by atoms with Crippen molar-refractivity contribution in [2.45, 2.75) is 19.8 Å². The minimum Gasteiger partial charge on any atom is -0.469 e. The smallest absolute Gasteiger partial charge is 0.308 e. The predicted molar refractivity (Wildman–Crippen MR) is 110 cm³/mol. The Morgan fingerprint density at radius 3 is 2.62 bits per heavy atom. The number of halogens is 2. The van der Waals surface area contributed by atoms with Gasteiger partial charge < -0.3 is 19.6 Å². The van der Waals surface area contributed by atoms with E-state index in [1.165, 1.54) is 7.11 Å². The van der Waals surface area contributed by atoms with Gasteiger partial charge in [0, 0.05) is 29.9 Å². The number of benzene rings is 1. The van der Waals surface area contributed by atoms with E-state index < -0.39 is 0 Å². The van der Waals surface area contributed by atoms with Crippen LogP contribution in [0.1, 0.15) is 24.1 Å². The average Bonchev–Trinajstić information content (AvgIpc) is 2.72. The van der Waals surface area contributed by atoms with Gasteiger partial charge in [0.1, 0.15) is 5.75 Å². The summed E-state index contributed by atoms with van der Waals surface area (Å²) in [7, 11) is 1.39.